The van der Waals surface area contributed by atoms with Crippen molar-refractivity contribution in [1.29, 1.82) is 0 Å². The molecule has 0 aliphatic heterocycles. The Kier molecular flexibility index (Phi) is 4.81. The van der Waals surface area contributed by atoms with E-state index in [-0.39, 0.29) is 0 Å². The third kappa shape index (κ3) is 3.60. The molecule has 0 amide bonds. The van der Waals surface area contributed by atoms with E-state index in [1.807, 2.05) is 4.72 Å². The van der Waals surface area contributed by atoms with E-state index in [1.165, 1.54) is 7.11 Å². The number of carbonyl (C=O) groups excluding carboxylic acids is 1. The van der Waals surface area contributed by atoms with E-state index in [0.29, 0.717) is 19.3 Å². The fourth-order valence-electron chi connectivity index (χ4n) is 2.00. The summed E-state index contributed by atoms with van der Waals surface area (Å²) in [7, 11) is -2.71. The minimum absolute atomic E-state index is 0.290. The second kappa shape index (κ2) is 5.72. The number of nitrogens with one attached hydrogen (secondary N) is 1. The van der Waals surface area contributed by atoms with Crippen molar-refractivity contribution in [2.75, 3.05) is 13.7 Å². The number of esters is 1. The second-order valence-electron chi connectivity index (χ2n) is 3.88. The standard InChI is InChI=1S/C9H15F2NO4S/c1-16-9(13)6-3-2-4-7(6)17(14,15)12-5-8(10)11/h6-8,12H,2-5H2,1H3. The highest BCUT2D eigenvalue weighted by Crippen LogP contribution is 2.31. The minimum atomic E-state index is -3.89. The van der Waals surface area contributed by atoms with Gasteiger partial charge in [-0.15, -0.1) is 0 Å². The van der Waals surface area contributed by atoms with Crippen molar-refractivity contribution in [2.45, 2.75) is 30.9 Å². The SMILES string of the molecule is COC(=O)C1CCCC1S(=O)(=O)NCC(F)F. The van der Waals surface area contributed by atoms with E-state index in [0.717, 1.165) is 0 Å². The topological polar surface area (TPSA) is 72.5 Å². The van der Waals surface area contributed by atoms with Gasteiger partial charge in [-0.1, -0.05) is 6.42 Å². The molecular formula is C9H15F2NO4S. The van der Waals surface area contributed by atoms with Gasteiger partial charge >= 0.3 is 5.97 Å². The van der Waals surface area contributed by atoms with Crippen LogP contribution < -0.4 is 4.72 Å². The smallest absolute Gasteiger partial charge is 0.310 e. The summed E-state index contributed by atoms with van der Waals surface area (Å²) in [6, 6.07) is 0. The molecule has 0 aromatic rings. The van der Waals surface area contributed by atoms with Crippen molar-refractivity contribution in [3.8, 4) is 0 Å². The van der Waals surface area contributed by atoms with Gasteiger partial charge in [0.25, 0.3) is 6.43 Å². The van der Waals surface area contributed by atoms with Crippen molar-refractivity contribution < 1.29 is 26.7 Å². The quantitative estimate of drug-likeness (QED) is 0.740. The largest absolute Gasteiger partial charge is 0.469 e. The molecule has 8 heteroatoms. The van der Waals surface area contributed by atoms with E-state index in [9.17, 15) is 22.0 Å². The van der Waals surface area contributed by atoms with Crippen LogP contribution in [0.2, 0.25) is 0 Å². The lowest BCUT2D eigenvalue weighted by molar-refractivity contribution is -0.145. The van der Waals surface area contributed by atoms with Crippen LogP contribution in [-0.4, -0.2) is 39.7 Å². The van der Waals surface area contributed by atoms with Gasteiger partial charge in [0.1, 0.15) is 0 Å². The molecule has 2 unspecified atom stereocenters. The maximum atomic E-state index is 12.0. The summed E-state index contributed by atoms with van der Waals surface area (Å²) in [5.41, 5.74) is 0. The fraction of sp³-hybridized carbons (Fsp3) is 0.889. The Balaban J connectivity index is 2.73. The van der Waals surface area contributed by atoms with Gasteiger partial charge in [0.2, 0.25) is 10.0 Å². The zero-order valence-corrected chi connectivity index (χ0v) is 10.2. The molecule has 1 N–H and O–H groups in total. The summed E-state index contributed by atoms with van der Waals surface area (Å²) in [6.45, 7) is -0.924. The van der Waals surface area contributed by atoms with E-state index < -0.39 is 40.1 Å². The number of sulfonamides is 1. The molecule has 5 nitrogen and oxygen atoms in total. The zero-order valence-electron chi connectivity index (χ0n) is 9.36. The lowest BCUT2D eigenvalue weighted by Crippen LogP contribution is -2.41. The van der Waals surface area contributed by atoms with Crippen LogP contribution in [0.15, 0.2) is 0 Å². The minimum Gasteiger partial charge on any atom is -0.469 e. The highest BCUT2D eigenvalue weighted by Gasteiger charge is 2.42. The van der Waals surface area contributed by atoms with Crippen molar-refractivity contribution in [2.24, 2.45) is 5.92 Å². The highest BCUT2D eigenvalue weighted by atomic mass is 32.2. The maximum Gasteiger partial charge on any atom is 0.310 e. The molecule has 0 aromatic carbocycles. The Morgan fingerprint density at radius 3 is 2.65 bits per heavy atom. The summed E-state index contributed by atoms with van der Waals surface area (Å²) in [6.07, 6.45) is -1.48. The summed E-state index contributed by atoms with van der Waals surface area (Å²) in [4.78, 5) is 11.3. The number of hydrogen-bond acceptors (Lipinski definition) is 4. The van der Waals surface area contributed by atoms with Gasteiger partial charge in [-0.3, -0.25) is 4.79 Å². The highest BCUT2D eigenvalue weighted by molar-refractivity contribution is 7.90. The summed E-state index contributed by atoms with van der Waals surface area (Å²) in [5, 5.41) is -0.964. The summed E-state index contributed by atoms with van der Waals surface area (Å²) >= 11 is 0. The number of ether oxygens (including phenoxy) is 1. The number of rotatable bonds is 5. The summed E-state index contributed by atoms with van der Waals surface area (Å²) in [5.74, 6) is -1.36. The van der Waals surface area contributed by atoms with Crippen LogP contribution in [0.1, 0.15) is 19.3 Å². The zero-order chi connectivity index (χ0) is 13.1. The Bertz CT molecular complexity index is 371. The van der Waals surface area contributed by atoms with Gasteiger partial charge in [-0.2, -0.15) is 0 Å². The molecule has 0 spiro atoms. The number of hydrogen-bond donors (Lipinski definition) is 1. The third-order valence-electron chi connectivity index (χ3n) is 2.79. The fourth-order valence-corrected chi connectivity index (χ4v) is 3.73. The Morgan fingerprint density at radius 2 is 2.12 bits per heavy atom. The maximum absolute atomic E-state index is 12.0. The first-order valence-electron chi connectivity index (χ1n) is 5.23. The van der Waals surface area contributed by atoms with Crippen molar-refractivity contribution >= 4 is 16.0 Å². The molecule has 100 valence electrons. The average molecular weight is 271 g/mol. The van der Waals surface area contributed by atoms with E-state index in [1.54, 1.807) is 0 Å². The molecule has 1 saturated carbocycles. The molecular weight excluding hydrogens is 256 g/mol. The second-order valence-corrected chi connectivity index (χ2v) is 5.87. The summed E-state index contributed by atoms with van der Waals surface area (Å²) < 4.78 is 53.7. The number of halogens is 2. The first kappa shape index (κ1) is 14.3. The molecule has 2 atom stereocenters. The first-order chi connectivity index (χ1) is 7.88. The Hall–Kier alpha value is -0.760. The van der Waals surface area contributed by atoms with Crippen molar-refractivity contribution in [3.05, 3.63) is 0 Å². The van der Waals surface area contributed by atoms with Gasteiger partial charge in [0.15, 0.2) is 0 Å². The van der Waals surface area contributed by atoms with Crippen molar-refractivity contribution in [3.63, 3.8) is 0 Å². The molecule has 1 rings (SSSR count). The van der Waals surface area contributed by atoms with Crippen LogP contribution in [0.3, 0.4) is 0 Å². The normalized spacial score (nSPS) is 25.2. The van der Waals surface area contributed by atoms with Crippen LogP contribution in [0.4, 0.5) is 8.78 Å². The van der Waals surface area contributed by atoms with Gasteiger partial charge < -0.3 is 4.74 Å². The molecule has 1 aliphatic rings. The average Bonchev–Trinajstić information content (AvgIpc) is 2.75. The number of methoxy groups -OCH3 is 1. The molecule has 0 radical (unpaired) electrons. The van der Waals surface area contributed by atoms with E-state index in [4.69, 9.17) is 0 Å². The lowest BCUT2D eigenvalue weighted by atomic mass is 10.1. The molecule has 0 bridgehead atoms. The van der Waals surface area contributed by atoms with Crippen LogP contribution in [0.25, 0.3) is 0 Å². The third-order valence-corrected chi connectivity index (χ3v) is 4.72. The van der Waals surface area contributed by atoms with Crippen LogP contribution in [-0.2, 0) is 19.6 Å². The van der Waals surface area contributed by atoms with Gasteiger partial charge in [-0.25, -0.2) is 21.9 Å². The molecule has 0 heterocycles. The van der Waals surface area contributed by atoms with Gasteiger partial charge in [0.05, 0.1) is 24.8 Å². The molecule has 1 aliphatic carbocycles. The lowest BCUT2D eigenvalue weighted by Gasteiger charge is -2.18. The number of carbonyl (C=O) groups is 1. The van der Waals surface area contributed by atoms with Crippen LogP contribution in [0.5, 0.6) is 0 Å². The molecule has 1 fully saturated rings. The monoisotopic (exact) mass is 271 g/mol. The molecule has 0 saturated heterocycles. The Labute approximate surface area is 98.6 Å². The van der Waals surface area contributed by atoms with Crippen LogP contribution >= 0.6 is 0 Å². The predicted molar refractivity (Wildman–Crippen MR) is 56.1 cm³/mol. The molecule has 17 heavy (non-hydrogen) atoms. The first-order valence-corrected chi connectivity index (χ1v) is 6.77. The van der Waals surface area contributed by atoms with Crippen molar-refractivity contribution in [1.82, 2.24) is 4.72 Å². The number of alkyl halides is 2. The van der Waals surface area contributed by atoms with E-state index in [2.05, 4.69) is 4.74 Å². The van der Waals surface area contributed by atoms with E-state index >= 15 is 0 Å². The van der Waals surface area contributed by atoms with Gasteiger partial charge in [-0.05, 0) is 12.8 Å². The Morgan fingerprint density at radius 1 is 1.47 bits per heavy atom. The van der Waals surface area contributed by atoms with Gasteiger partial charge in [0, 0.05) is 0 Å². The van der Waals surface area contributed by atoms with Crippen LogP contribution in [0, 0.1) is 5.92 Å². The predicted octanol–water partition coefficient (Wildman–Crippen LogP) is 0.513. The molecule has 0 aromatic heterocycles.